The van der Waals surface area contributed by atoms with Gasteiger partial charge in [0.1, 0.15) is 11.9 Å². The summed E-state index contributed by atoms with van der Waals surface area (Å²) in [5, 5.41) is 14.0. The number of carbonyl (C=O) groups is 3. The highest BCUT2D eigenvalue weighted by atomic mass is 16.4. The Morgan fingerprint density at radius 3 is 2.59 bits per heavy atom. The molecule has 0 aliphatic rings. The number of hydrogen-bond donors (Lipinski definition) is 4. The minimum Gasteiger partial charge on any atom is -0.480 e. The number of unbranched alkanes of at least 4 members (excludes halogenated alkanes) is 1. The van der Waals surface area contributed by atoms with Gasteiger partial charge >= 0.3 is 5.97 Å². The summed E-state index contributed by atoms with van der Waals surface area (Å²) in [6.45, 7) is 0.357. The number of aromatic nitrogens is 2. The predicted molar refractivity (Wildman–Crippen MR) is 98.2 cm³/mol. The molecule has 2 rings (SSSR count). The highest BCUT2D eigenvalue weighted by Crippen LogP contribution is 2.13. The lowest BCUT2D eigenvalue weighted by molar-refractivity contribution is -0.138. The van der Waals surface area contributed by atoms with Crippen molar-refractivity contribution in [2.45, 2.75) is 25.3 Å². The van der Waals surface area contributed by atoms with Gasteiger partial charge in [0.25, 0.3) is 11.8 Å². The molecule has 2 aromatic rings. The number of rotatable bonds is 9. The Kier molecular flexibility index (Phi) is 7.38. The Morgan fingerprint density at radius 1 is 1.11 bits per heavy atom. The summed E-state index contributed by atoms with van der Waals surface area (Å²) in [5.41, 5.74) is 6.01. The lowest BCUT2D eigenvalue weighted by atomic mass is 10.1. The van der Waals surface area contributed by atoms with Crippen LogP contribution in [0.2, 0.25) is 0 Å². The maximum Gasteiger partial charge on any atom is 0.320 e. The summed E-state index contributed by atoms with van der Waals surface area (Å²) in [6, 6.07) is 5.50. The third kappa shape index (κ3) is 6.15. The van der Waals surface area contributed by atoms with Crippen LogP contribution < -0.4 is 16.4 Å². The Balaban J connectivity index is 1.89. The lowest BCUT2D eigenvalue weighted by Gasteiger charge is -2.11. The monoisotopic (exact) mass is 371 g/mol. The van der Waals surface area contributed by atoms with Crippen LogP contribution in [-0.2, 0) is 4.79 Å². The summed E-state index contributed by atoms with van der Waals surface area (Å²) in [6.07, 6.45) is 5.95. The molecule has 0 aliphatic heterocycles. The van der Waals surface area contributed by atoms with Gasteiger partial charge in [0.15, 0.2) is 0 Å². The molecule has 0 spiro atoms. The number of amides is 2. The van der Waals surface area contributed by atoms with E-state index in [2.05, 4.69) is 20.6 Å². The van der Waals surface area contributed by atoms with E-state index in [0.29, 0.717) is 31.4 Å². The molecule has 0 bridgehead atoms. The third-order valence-corrected chi connectivity index (χ3v) is 3.75. The van der Waals surface area contributed by atoms with E-state index < -0.39 is 17.9 Å². The molecule has 2 aromatic heterocycles. The third-order valence-electron chi connectivity index (χ3n) is 3.75. The molecule has 0 aromatic carbocycles. The van der Waals surface area contributed by atoms with Crippen LogP contribution in [0, 0.1) is 0 Å². The number of carbonyl (C=O) groups excluding carboxylic acids is 2. The first kappa shape index (κ1) is 20.0. The molecule has 5 N–H and O–H groups in total. The van der Waals surface area contributed by atoms with Gasteiger partial charge in [0.2, 0.25) is 0 Å². The molecule has 2 amide bonds. The number of nitrogens with zero attached hydrogens (tertiary/aromatic N) is 2. The van der Waals surface area contributed by atoms with Crippen molar-refractivity contribution < 1.29 is 19.5 Å². The van der Waals surface area contributed by atoms with Crippen LogP contribution in [0.4, 0.5) is 5.82 Å². The zero-order valence-corrected chi connectivity index (χ0v) is 14.6. The summed E-state index contributed by atoms with van der Waals surface area (Å²) in [5.74, 6) is -1.69. The molecule has 0 unspecified atom stereocenters. The molecule has 9 heteroatoms. The number of carboxylic acid groups (broad SMARTS) is 1. The Labute approximate surface area is 156 Å². The van der Waals surface area contributed by atoms with Crippen LogP contribution >= 0.6 is 0 Å². The van der Waals surface area contributed by atoms with Crippen molar-refractivity contribution in [3.8, 4) is 0 Å². The van der Waals surface area contributed by atoms with Gasteiger partial charge in [-0.2, -0.15) is 0 Å². The van der Waals surface area contributed by atoms with E-state index in [1.165, 1.54) is 12.4 Å². The number of carboxylic acids is 1. The standard InChI is InChI=1S/C18H21N5O4/c19-14(18(26)27)7-1-2-9-22-17(25)13-6-4-10-21-15(13)23-16(24)12-5-3-8-20-11-12/h3-6,8,10-11,14H,1-2,7,9,19H2,(H,22,25)(H,26,27)(H,21,23,24)/t14-/m0/s1. The van der Waals surface area contributed by atoms with E-state index in [1.807, 2.05) is 0 Å². The number of hydrogen-bond acceptors (Lipinski definition) is 6. The van der Waals surface area contributed by atoms with Gasteiger partial charge < -0.3 is 21.5 Å². The largest absolute Gasteiger partial charge is 0.480 e. The maximum atomic E-state index is 12.4. The minimum atomic E-state index is -1.04. The average Bonchev–Trinajstić information content (AvgIpc) is 2.68. The Morgan fingerprint density at radius 2 is 1.89 bits per heavy atom. The number of pyridine rings is 2. The predicted octanol–water partition coefficient (Wildman–Crippen LogP) is 1.04. The maximum absolute atomic E-state index is 12.4. The second-order valence-corrected chi connectivity index (χ2v) is 5.79. The molecule has 27 heavy (non-hydrogen) atoms. The fourth-order valence-corrected chi connectivity index (χ4v) is 2.27. The minimum absolute atomic E-state index is 0.150. The van der Waals surface area contributed by atoms with Gasteiger partial charge in [-0.05, 0) is 43.5 Å². The van der Waals surface area contributed by atoms with Crippen molar-refractivity contribution in [2.24, 2.45) is 5.73 Å². The van der Waals surface area contributed by atoms with E-state index in [1.54, 1.807) is 30.5 Å². The number of nitrogens with two attached hydrogens (primary N) is 1. The van der Waals surface area contributed by atoms with Crippen LogP contribution in [0.5, 0.6) is 0 Å². The van der Waals surface area contributed by atoms with Gasteiger partial charge in [-0.25, -0.2) is 4.98 Å². The van der Waals surface area contributed by atoms with Crippen molar-refractivity contribution in [1.29, 1.82) is 0 Å². The second kappa shape index (κ2) is 9.97. The Hall–Kier alpha value is -3.33. The smallest absolute Gasteiger partial charge is 0.320 e. The van der Waals surface area contributed by atoms with Crippen LogP contribution in [0.1, 0.15) is 40.0 Å². The fraction of sp³-hybridized carbons (Fsp3) is 0.278. The summed E-state index contributed by atoms with van der Waals surface area (Å²) < 4.78 is 0. The van der Waals surface area contributed by atoms with Gasteiger partial charge in [-0.1, -0.05) is 0 Å². The van der Waals surface area contributed by atoms with Crippen molar-refractivity contribution in [2.75, 3.05) is 11.9 Å². The molecular formula is C18H21N5O4. The highest BCUT2D eigenvalue weighted by molar-refractivity contribution is 6.07. The topological polar surface area (TPSA) is 147 Å². The van der Waals surface area contributed by atoms with Gasteiger partial charge in [0.05, 0.1) is 11.1 Å². The molecule has 2 heterocycles. The van der Waals surface area contributed by atoms with Crippen molar-refractivity contribution >= 4 is 23.6 Å². The fourth-order valence-electron chi connectivity index (χ4n) is 2.27. The van der Waals surface area contributed by atoms with Gasteiger partial charge in [-0.3, -0.25) is 19.4 Å². The summed E-state index contributed by atoms with van der Waals surface area (Å²) in [7, 11) is 0. The van der Waals surface area contributed by atoms with Crippen LogP contribution in [0.3, 0.4) is 0 Å². The number of aliphatic carboxylic acids is 1. The molecule has 0 fully saturated rings. The first-order valence-electron chi connectivity index (χ1n) is 8.42. The lowest BCUT2D eigenvalue weighted by Crippen LogP contribution is -2.30. The van der Waals surface area contributed by atoms with Crippen LogP contribution in [0.25, 0.3) is 0 Å². The Bertz CT molecular complexity index is 797. The molecule has 0 saturated heterocycles. The molecule has 1 atom stereocenters. The van der Waals surface area contributed by atoms with Crippen LogP contribution in [0.15, 0.2) is 42.9 Å². The van der Waals surface area contributed by atoms with E-state index in [4.69, 9.17) is 10.8 Å². The molecular weight excluding hydrogens is 350 g/mol. The van der Waals surface area contributed by atoms with Crippen molar-refractivity contribution in [1.82, 2.24) is 15.3 Å². The molecule has 0 aliphatic carbocycles. The molecule has 9 nitrogen and oxygen atoms in total. The second-order valence-electron chi connectivity index (χ2n) is 5.79. The first-order valence-corrected chi connectivity index (χ1v) is 8.42. The normalized spacial score (nSPS) is 11.4. The zero-order valence-electron chi connectivity index (χ0n) is 14.6. The molecule has 142 valence electrons. The number of nitrogens with one attached hydrogen (secondary N) is 2. The van der Waals surface area contributed by atoms with E-state index in [-0.39, 0.29) is 17.3 Å². The van der Waals surface area contributed by atoms with Gasteiger partial charge in [-0.15, -0.1) is 0 Å². The van der Waals surface area contributed by atoms with E-state index >= 15 is 0 Å². The summed E-state index contributed by atoms with van der Waals surface area (Å²) in [4.78, 5) is 43.2. The van der Waals surface area contributed by atoms with Gasteiger partial charge in [0, 0.05) is 25.1 Å². The highest BCUT2D eigenvalue weighted by Gasteiger charge is 2.15. The average molecular weight is 371 g/mol. The summed E-state index contributed by atoms with van der Waals surface area (Å²) >= 11 is 0. The first-order chi connectivity index (χ1) is 13.0. The van der Waals surface area contributed by atoms with Crippen LogP contribution in [-0.4, -0.2) is 45.4 Å². The van der Waals surface area contributed by atoms with Crippen molar-refractivity contribution in [3.05, 3.63) is 54.0 Å². The van der Waals surface area contributed by atoms with E-state index in [9.17, 15) is 14.4 Å². The number of anilines is 1. The zero-order chi connectivity index (χ0) is 19.6. The quantitative estimate of drug-likeness (QED) is 0.481. The van der Waals surface area contributed by atoms with E-state index in [0.717, 1.165) is 0 Å². The SMILES string of the molecule is N[C@@H](CCCCNC(=O)c1cccnc1NC(=O)c1cccnc1)C(=O)O. The molecule has 0 saturated carbocycles. The van der Waals surface area contributed by atoms with Crippen molar-refractivity contribution in [3.63, 3.8) is 0 Å². The molecule has 0 radical (unpaired) electrons.